The van der Waals surface area contributed by atoms with E-state index < -0.39 is 6.09 Å². The van der Waals surface area contributed by atoms with Crippen LogP contribution < -0.4 is 14.9 Å². The molecule has 0 radical (unpaired) electrons. The van der Waals surface area contributed by atoms with Gasteiger partial charge in [-0.3, -0.25) is 0 Å². The van der Waals surface area contributed by atoms with Crippen LogP contribution in [0.25, 0.3) is 0 Å². The van der Waals surface area contributed by atoms with Crippen LogP contribution in [0.1, 0.15) is 43.7 Å². The average Bonchev–Trinajstić information content (AvgIpc) is 2.74. The van der Waals surface area contributed by atoms with E-state index in [0.717, 1.165) is 24.2 Å². The van der Waals surface area contributed by atoms with E-state index in [-0.39, 0.29) is 0 Å². The summed E-state index contributed by atoms with van der Waals surface area (Å²) in [4.78, 5) is 11.0. The molecule has 0 saturated heterocycles. The summed E-state index contributed by atoms with van der Waals surface area (Å²) in [5.74, 6) is 2.11. The van der Waals surface area contributed by atoms with Gasteiger partial charge >= 0.3 is 6.09 Å². The van der Waals surface area contributed by atoms with E-state index in [1.165, 1.54) is 18.9 Å². The predicted octanol–water partition coefficient (Wildman–Crippen LogP) is 4.74. The highest BCUT2D eigenvalue weighted by Gasteiger charge is 2.09. The van der Waals surface area contributed by atoms with Crippen LogP contribution in [0.4, 0.5) is 4.79 Å². The van der Waals surface area contributed by atoms with Crippen molar-refractivity contribution in [3.63, 3.8) is 0 Å². The van der Waals surface area contributed by atoms with Crippen LogP contribution in [0, 0.1) is 0 Å². The fraction of sp³-hybridized carbons (Fsp3) is 0.364. The highest BCUT2D eigenvalue weighted by molar-refractivity contribution is 5.84. The van der Waals surface area contributed by atoms with Crippen LogP contribution in [0.3, 0.4) is 0 Å². The number of methoxy groups -OCH3 is 1. The SMILES string of the molecule is CC[C@H](C)c1ccccc1OCCCOc1ccccc1/C=N\NC(=O)OC. The topological polar surface area (TPSA) is 69.2 Å². The first-order chi connectivity index (χ1) is 13.7. The quantitative estimate of drug-likeness (QED) is 0.365. The molecular formula is C22H28N2O4. The predicted molar refractivity (Wildman–Crippen MR) is 110 cm³/mol. The van der Waals surface area contributed by atoms with Crippen molar-refractivity contribution in [3.8, 4) is 11.5 Å². The lowest BCUT2D eigenvalue weighted by molar-refractivity contribution is 0.171. The molecule has 1 atom stereocenters. The molecule has 1 N–H and O–H groups in total. The second-order valence-corrected chi connectivity index (χ2v) is 6.30. The number of carbonyl (C=O) groups is 1. The van der Waals surface area contributed by atoms with Crippen molar-refractivity contribution in [3.05, 3.63) is 59.7 Å². The van der Waals surface area contributed by atoms with Crippen molar-refractivity contribution in [2.45, 2.75) is 32.6 Å². The number of benzene rings is 2. The summed E-state index contributed by atoms with van der Waals surface area (Å²) in [6.07, 6.45) is 2.72. The first-order valence-electron chi connectivity index (χ1n) is 9.46. The van der Waals surface area contributed by atoms with Crippen LogP contribution in [-0.2, 0) is 4.74 Å². The lowest BCUT2D eigenvalue weighted by atomic mass is 9.98. The lowest BCUT2D eigenvalue weighted by Crippen LogP contribution is -2.16. The standard InChI is InChI=1S/C22H28N2O4/c1-4-17(2)19-11-6-8-13-21(19)28-15-9-14-27-20-12-7-5-10-18(20)16-23-24-22(25)26-3/h5-8,10-13,16-17H,4,9,14-15H2,1-3H3,(H,24,25)/b23-16-/t17-/m0/s1. The molecule has 0 aliphatic rings. The fourth-order valence-corrected chi connectivity index (χ4v) is 2.58. The molecule has 2 aromatic rings. The third-order valence-corrected chi connectivity index (χ3v) is 4.33. The Balaban J connectivity index is 1.82. The molecule has 0 aliphatic carbocycles. The maximum absolute atomic E-state index is 11.0. The minimum absolute atomic E-state index is 0.470. The Morgan fingerprint density at radius 3 is 2.43 bits per heavy atom. The van der Waals surface area contributed by atoms with Crippen molar-refractivity contribution in [1.29, 1.82) is 0 Å². The fourth-order valence-electron chi connectivity index (χ4n) is 2.58. The number of nitrogens with zero attached hydrogens (tertiary/aromatic N) is 1. The zero-order valence-corrected chi connectivity index (χ0v) is 16.7. The molecule has 0 fully saturated rings. The monoisotopic (exact) mass is 384 g/mol. The Morgan fingerprint density at radius 2 is 1.71 bits per heavy atom. The van der Waals surface area contributed by atoms with Crippen LogP contribution in [0.5, 0.6) is 11.5 Å². The molecule has 0 bridgehead atoms. The van der Waals surface area contributed by atoms with Gasteiger partial charge < -0.3 is 14.2 Å². The summed E-state index contributed by atoms with van der Waals surface area (Å²) < 4.78 is 16.3. The zero-order chi connectivity index (χ0) is 20.2. The third-order valence-electron chi connectivity index (χ3n) is 4.33. The van der Waals surface area contributed by atoms with E-state index in [2.05, 4.69) is 35.2 Å². The zero-order valence-electron chi connectivity index (χ0n) is 16.7. The molecule has 0 unspecified atom stereocenters. The van der Waals surface area contributed by atoms with Gasteiger partial charge in [0.1, 0.15) is 11.5 Å². The van der Waals surface area contributed by atoms with Crippen molar-refractivity contribution in [2.75, 3.05) is 20.3 Å². The van der Waals surface area contributed by atoms with Gasteiger partial charge in [-0.2, -0.15) is 5.10 Å². The van der Waals surface area contributed by atoms with Crippen LogP contribution >= 0.6 is 0 Å². The van der Waals surface area contributed by atoms with E-state index in [0.29, 0.717) is 24.9 Å². The van der Waals surface area contributed by atoms with Crippen LogP contribution in [0.2, 0.25) is 0 Å². The van der Waals surface area contributed by atoms with Crippen LogP contribution in [-0.4, -0.2) is 32.6 Å². The summed E-state index contributed by atoms with van der Waals surface area (Å²) in [6.45, 7) is 5.48. The molecule has 1 amide bonds. The molecule has 28 heavy (non-hydrogen) atoms. The molecule has 0 spiro atoms. The number of nitrogens with one attached hydrogen (secondary N) is 1. The Labute approximate surface area is 166 Å². The number of hydrogen-bond donors (Lipinski definition) is 1. The normalized spacial score (nSPS) is 11.8. The Kier molecular flexibility index (Phi) is 8.85. The minimum Gasteiger partial charge on any atom is -0.493 e. The van der Waals surface area contributed by atoms with E-state index in [1.807, 2.05) is 42.5 Å². The van der Waals surface area contributed by atoms with Gasteiger partial charge in [-0.25, -0.2) is 10.2 Å². The first kappa shape index (κ1) is 21.3. The number of hydrazone groups is 1. The van der Waals surface area contributed by atoms with Gasteiger partial charge in [0.2, 0.25) is 0 Å². The lowest BCUT2D eigenvalue weighted by Gasteiger charge is -2.16. The number of hydrogen-bond acceptors (Lipinski definition) is 5. The van der Waals surface area contributed by atoms with Crippen LogP contribution in [0.15, 0.2) is 53.6 Å². The number of carbonyl (C=O) groups excluding carboxylic acids is 1. The number of rotatable bonds is 10. The molecule has 0 aliphatic heterocycles. The average molecular weight is 384 g/mol. The van der Waals surface area contributed by atoms with E-state index in [4.69, 9.17) is 9.47 Å². The molecule has 0 saturated carbocycles. The van der Waals surface area contributed by atoms with E-state index in [9.17, 15) is 4.79 Å². The summed E-state index contributed by atoms with van der Waals surface area (Å²) in [5.41, 5.74) is 4.26. The summed E-state index contributed by atoms with van der Waals surface area (Å²) >= 11 is 0. The third kappa shape index (κ3) is 6.61. The number of ether oxygens (including phenoxy) is 3. The molecule has 6 heteroatoms. The molecule has 0 heterocycles. The van der Waals surface area contributed by atoms with Gasteiger partial charge in [0, 0.05) is 12.0 Å². The maximum atomic E-state index is 11.0. The van der Waals surface area contributed by atoms with Gasteiger partial charge in [-0.15, -0.1) is 0 Å². The summed E-state index contributed by atoms with van der Waals surface area (Å²) in [5, 5.41) is 3.84. The Hall–Kier alpha value is -3.02. The highest BCUT2D eigenvalue weighted by atomic mass is 16.5. The molecule has 0 aromatic heterocycles. The molecule has 150 valence electrons. The number of amides is 1. The largest absolute Gasteiger partial charge is 0.493 e. The minimum atomic E-state index is -0.621. The highest BCUT2D eigenvalue weighted by Crippen LogP contribution is 2.28. The molecule has 6 nitrogen and oxygen atoms in total. The summed E-state index contributed by atoms with van der Waals surface area (Å²) in [6, 6.07) is 15.7. The molecule has 2 rings (SSSR count). The maximum Gasteiger partial charge on any atom is 0.427 e. The van der Waals surface area contributed by atoms with Gasteiger partial charge in [0.05, 0.1) is 26.5 Å². The summed E-state index contributed by atoms with van der Waals surface area (Å²) in [7, 11) is 1.28. The first-order valence-corrected chi connectivity index (χ1v) is 9.46. The molecule has 2 aromatic carbocycles. The molecular weight excluding hydrogens is 356 g/mol. The van der Waals surface area contributed by atoms with Crippen molar-refractivity contribution in [2.24, 2.45) is 5.10 Å². The van der Waals surface area contributed by atoms with Gasteiger partial charge in [-0.1, -0.05) is 44.2 Å². The Bertz CT molecular complexity index is 777. The van der Waals surface area contributed by atoms with E-state index in [1.54, 1.807) is 0 Å². The van der Waals surface area contributed by atoms with Gasteiger partial charge in [0.15, 0.2) is 0 Å². The van der Waals surface area contributed by atoms with Crippen molar-refractivity contribution >= 4 is 12.3 Å². The smallest absolute Gasteiger partial charge is 0.427 e. The van der Waals surface area contributed by atoms with E-state index >= 15 is 0 Å². The van der Waals surface area contributed by atoms with Crippen molar-refractivity contribution in [1.82, 2.24) is 5.43 Å². The second-order valence-electron chi connectivity index (χ2n) is 6.30. The van der Waals surface area contributed by atoms with Gasteiger partial charge in [0.25, 0.3) is 0 Å². The van der Waals surface area contributed by atoms with Crippen molar-refractivity contribution < 1.29 is 19.0 Å². The number of para-hydroxylation sites is 2. The second kappa shape index (κ2) is 11.6. The Morgan fingerprint density at radius 1 is 1.07 bits per heavy atom. The van der Waals surface area contributed by atoms with Gasteiger partial charge in [-0.05, 0) is 36.1 Å².